The van der Waals surface area contributed by atoms with Crippen LogP contribution in [0.5, 0.6) is 0 Å². The smallest absolute Gasteiger partial charge is 0.328 e. The molecule has 0 aromatic heterocycles. The van der Waals surface area contributed by atoms with Crippen molar-refractivity contribution in [1.29, 1.82) is 0 Å². The lowest BCUT2D eigenvalue weighted by atomic mass is 9.84. The average molecular weight is 272 g/mol. The second-order valence-corrected chi connectivity index (χ2v) is 5.22. The summed E-state index contributed by atoms with van der Waals surface area (Å²) >= 11 is 0. The number of hydrogen-bond donors (Lipinski definition) is 3. The lowest BCUT2D eigenvalue weighted by molar-refractivity contribution is -0.140. The number of rotatable bonds is 5. The van der Waals surface area contributed by atoms with Gasteiger partial charge in [-0.3, -0.25) is 0 Å². The molecule has 1 aliphatic rings. The Morgan fingerprint density at radius 2 is 1.89 bits per heavy atom. The Labute approximate surface area is 113 Å². The first-order valence-corrected chi connectivity index (χ1v) is 6.86. The van der Waals surface area contributed by atoms with E-state index in [1.165, 1.54) is 6.42 Å². The van der Waals surface area contributed by atoms with Gasteiger partial charge >= 0.3 is 12.0 Å². The van der Waals surface area contributed by atoms with E-state index in [4.69, 9.17) is 10.2 Å². The fourth-order valence-electron chi connectivity index (χ4n) is 2.54. The molecule has 3 N–H and O–H groups in total. The van der Waals surface area contributed by atoms with Crippen LogP contribution in [0.2, 0.25) is 0 Å². The SMILES string of the molecule is CCC1CCC(N(C)C(=O)N[C@H](CO)C(=O)O)CC1. The van der Waals surface area contributed by atoms with E-state index in [1.54, 1.807) is 11.9 Å². The summed E-state index contributed by atoms with van der Waals surface area (Å²) in [4.78, 5) is 24.2. The lowest BCUT2D eigenvalue weighted by Crippen LogP contribution is -2.51. The Hall–Kier alpha value is -1.30. The van der Waals surface area contributed by atoms with E-state index in [0.29, 0.717) is 0 Å². The zero-order chi connectivity index (χ0) is 14.4. The maximum atomic E-state index is 11.9. The maximum absolute atomic E-state index is 11.9. The molecule has 1 rings (SSSR count). The first kappa shape index (κ1) is 15.8. The Morgan fingerprint density at radius 3 is 2.32 bits per heavy atom. The van der Waals surface area contributed by atoms with Crippen molar-refractivity contribution in [2.75, 3.05) is 13.7 Å². The van der Waals surface area contributed by atoms with Crippen molar-refractivity contribution in [2.45, 2.75) is 51.1 Å². The van der Waals surface area contributed by atoms with Gasteiger partial charge in [0.25, 0.3) is 0 Å². The molecule has 110 valence electrons. The van der Waals surface area contributed by atoms with E-state index in [1.807, 2.05) is 0 Å². The highest BCUT2D eigenvalue weighted by Gasteiger charge is 2.28. The van der Waals surface area contributed by atoms with Crippen LogP contribution in [-0.4, -0.2) is 52.9 Å². The molecule has 0 bridgehead atoms. The summed E-state index contributed by atoms with van der Waals surface area (Å²) in [6.45, 7) is 1.58. The van der Waals surface area contributed by atoms with Crippen molar-refractivity contribution in [1.82, 2.24) is 10.2 Å². The van der Waals surface area contributed by atoms with E-state index >= 15 is 0 Å². The number of aliphatic carboxylic acids is 1. The van der Waals surface area contributed by atoms with Gasteiger partial charge in [0.15, 0.2) is 6.04 Å². The van der Waals surface area contributed by atoms with Crippen molar-refractivity contribution in [3.63, 3.8) is 0 Å². The van der Waals surface area contributed by atoms with E-state index in [0.717, 1.165) is 31.6 Å². The molecule has 0 spiro atoms. The topological polar surface area (TPSA) is 89.9 Å². The van der Waals surface area contributed by atoms with Crippen molar-refractivity contribution >= 4 is 12.0 Å². The van der Waals surface area contributed by atoms with Crippen LogP contribution in [0.4, 0.5) is 4.79 Å². The van der Waals surface area contributed by atoms with Gasteiger partial charge < -0.3 is 20.4 Å². The first-order chi connectivity index (χ1) is 8.99. The number of aliphatic hydroxyl groups excluding tert-OH is 1. The Bertz CT molecular complexity index is 314. The molecule has 0 aromatic rings. The van der Waals surface area contributed by atoms with E-state index in [-0.39, 0.29) is 6.04 Å². The molecule has 1 saturated carbocycles. The Kier molecular flexibility index (Phi) is 6.08. The normalized spacial score (nSPS) is 24.6. The van der Waals surface area contributed by atoms with E-state index in [2.05, 4.69) is 12.2 Å². The quantitative estimate of drug-likeness (QED) is 0.697. The van der Waals surface area contributed by atoms with Crippen molar-refractivity contribution in [3.05, 3.63) is 0 Å². The molecule has 0 unspecified atom stereocenters. The van der Waals surface area contributed by atoms with Crippen LogP contribution in [0.1, 0.15) is 39.0 Å². The molecule has 1 atom stereocenters. The number of urea groups is 1. The third-order valence-electron chi connectivity index (χ3n) is 4.04. The third kappa shape index (κ3) is 4.38. The number of aliphatic hydroxyl groups is 1. The largest absolute Gasteiger partial charge is 0.480 e. The van der Waals surface area contributed by atoms with Crippen molar-refractivity contribution < 1.29 is 19.8 Å². The summed E-state index contributed by atoms with van der Waals surface area (Å²) in [5, 5.41) is 20.0. The molecule has 0 heterocycles. The molecule has 19 heavy (non-hydrogen) atoms. The van der Waals surface area contributed by atoms with Crippen molar-refractivity contribution in [2.24, 2.45) is 5.92 Å². The fraction of sp³-hybridized carbons (Fsp3) is 0.846. The Balaban J connectivity index is 2.46. The minimum Gasteiger partial charge on any atom is -0.480 e. The summed E-state index contributed by atoms with van der Waals surface area (Å²) in [7, 11) is 1.68. The zero-order valence-electron chi connectivity index (χ0n) is 11.6. The lowest BCUT2D eigenvalue weighted by Gasteiger charge is -2.34. The number of nitrogens with zero attached hydrogens (tertiary/aromatic N) is 1. The van der Waals surface area contributed by atoms with Crippen LogP contribution < -0.4 is 5.32 Å². The van der Waals surface area contributed by atoms with Crippen LogP contribution in [-0.2, 0) is 4.79 Å². The van der Waals surface area contributed by atoms with E-state index in [9.17, 15) is 9.59 Å². The van der Waals surface area contributed by atoms with E-state index < -0.39 is 24.6 Å². The van der Waals surface area contributed by atoms with Gasteiger partial charge in [0.05, 0.1) is 6.61 Å². The number of carboxylic acid groups (broad SMARTS) is 1. The summed E-state index contributed by atoms with van der Waals surface area (Å²) < 4.78 is 0. The number of carboxylic acids is 1. The Morgan fingerprint density at radius 1 is 1.32 bits per heavy atom. The zero-order valence-corrected chi connectivity index (χ0v) is 11.6. The van der Waals surface area contributed by atoms with Gasteiger partial charge in [-0.2, -0.15) is 0 Å². The van der Waals surface area contributed by atoms with Gasteiger partial charge in [-0.05, 0) is 31.6 Å². The summed E-state index contributed by atoms with van der Waals surface area (Å²) in [5.74, 6) is -0.476. The average Bonchev–Trinajstić information content (AvgIpc) is 2.43. The number of carbonyl (C=O) groups is 2. The van der Waals surface area contributed by atoms with Crippen LogP contribution >= 0.6 is 0 Å². The second kappa shape index (κ2) is 7.33. The van der Waals surface area contributed by atoms with Gasteiger partial charge in [0.2, 0.25) is 0 Å². The number of amides is 2. The first-order valence-electron chi connectivity index (χ1n) is 6.86. The van der Waals surface area contributed by atoms with Crippen LogP contribution in [0, 0.1) is 5.92 Å². The molecule has 0 saturated heterocycles. The van der Waals surface area contributed by atoms with Crippen LogP contribution in [0.3, 0.4) is 0 Å². The van der Waals surface area contributed by atoms with Crippen LogP contribution in [0.15, 0.2) is 0 Å². The highest BCUT2D eigenvalue weighted by Crippen LogP contribution is 2.28. The molecule has 6 nitrogen and oxygen atoms in total. The van der Waals surface area contributed by atoms with Gasteiger partial charge in [-0.1, -0.05) is 13.3 Å². The molecule has 0 aliphatic heterocycles. The molecule has 2 amide bonds. The summed E-state index contributed by atoms with van der Waals surface area (Å²) in [6.07, 6.45) is 5.31. The monoisotopic (exact) mass is 272 g/mol. The van der Waals surface area contributed by atoms with Gasteiger partial charge in [-0.15, -0.1) is 0 Å². The molecule has 6 heteroatoms. The minimum absolute atomic E-state index is 0.163. The van der Waals surface area contributed by atoms with Gasteiger partial charge in [0, 0.05) is 13.1 Å². The molecule has 1 fully saturated rings. The number of hydrogen-bond acceptors (Lipinski definition) is 3. The standard InChI is InChI=1S/C13H24N2O4/c1-3-9-4-6-10(7-5-9)15(2)13(19)14-11(8-16)12(17)18/h9-11,16H,3-8H2,1-2H3,(H,14,19)(H,17,18)/t9?,10?,11-/m1/s1. The predicted molar refractivity (Wildman–Crippen MR) is 70.8 cm³/mol. The highest BCUT2D eigenvalue weighted by atomic mass is 16.4. The number of nitrogens with one attached hydrogen (secondary N) is 1. The molecule has 0 radical (unpaired) electrons. The number of carbonyl (C=O) groups excluding carboxylic acids is 1. The van der Waals surface area contributed by atoms with Crippen LogP contribution in [0.25, 0.3) is 0 Å². The maximum Gasteiger partial charge on any atom is 0.328 e. The molecular formula is C13H24N2O4. The van der Waals surface area contributed by atoms with Gasteiger partial charge in [-0.25, -0.2) is 9.59 Å². The summed E-state index contributed by atoms with van der Waals surface area (Å²) in [6, 6.07) is -1.50. The predicted octanol–water partition coefficient (Wildman–Crippen LogP) is 1.04. The fourth-order valence-corrected chi connectivity index (χ4v) is 2.54. The molecule has 1 aliphatic carbocycles. The van der Waals surface area contributed by atoms with Crippen molar-refractivity contribution in [3.8, 4) is 0 Å². The second-order valence-electron chi connectivity index (χ2n) is 5.22. The van der Waals surface area contributed by atoms with Gasteiger partial charge in [0.1, 0.15) is 0 Å². The minimum atomic E-state index is -1.23. The third-order valence-corrected chi connectivity index (χ3v) is 4.04. The molecule has 0 aromatic carbocycles. The highest BCUT2D eigenvalue weighted by molar-refractivity contribution is 5.82. The summed E-state index contributed by atoms with van der Waals surface area (Å²) in [5.41, 5.74) is 0. The molecular weight excluding hydrogens is 248 g/mol.